The molecule has 0 saturated carbocycles. The number of fused-ring (bicyclic) bond motifs is 5. The van der Waals surface area contributed by atoms with Crippen LogP contribution in [0, 0.1) is 5.82 Å². The zero-order chi connectivity index (χ0) is 36.7. The van der Waals surface area contributed by atoms with E-state index in [-0.39, 0.29) is 67.4 Å². The summed E-state index contributed by atoms with van der Waals surface area (Å²) < 4.78 is 86.6. The van der Waals surface area contributed by atoms with Crippen molar-refractivity contribution in [3.8, 4) is 17.1 Å². The fraction of sp³-hybridized carbons (Fsp3) is 0.543. The van der Waals surface area contributed by atoms with Crippen LogP contribution in [0.3, 0.4) is 0 Å². The third-order valence-electron chi connectivity index (χ3n) is 10.3. The van der Waals surface area contributed by atoms with Gasteiger partial charge in [-0.3, -0.25) is 10.2 Å². The Morgan fingerprint density at radius 1 is 1.12 bits per heavy atom. The van der Waals surface area contributed by atoms with E-state index in [2.05, 4.69) is 25.5 Å². The summed E-state index contributed by atoms with van der Waals surface area (Å²) >= 11 is 7.79. The zero-order valence-corrected chi connectivity index (χ0v) is 30.2. The molecule has 6 heterocycles. The number of halogens is 6. The molecule has 4 aromatic rings. The lowest BCUT2D eigenvalue weighted by molar-refractivity contribution is -0.137. The van der Waals surface area contributed by atoms with Gasteiger partial charge in [-0.2, -0.15) is 23.1 Å². The van der Waals surface area contributed by atoms with Crippen molar-refractivity contribution in [1.82, 2.24) is 25.2 Å². The van der Waals surface area contributed by atoms with Crippen molar-refractivity contribution in [3.63, 3.8) is 0 Å². The molecule has 17 heteroatoms. The highest BCUT2D eigenvalue weighted by Gasteiger charge is 2.49. The van der Waals surface area contributed by atoms with E-state index >= 15 is 17.6 Å². The Balaban J connectivity index is 1.28. The van der Waals surface area contributed by atoms with E-state index in [0.717, 1.165) is 55.7 Å². The third-order valence-corrected chi connectivity index (χ3v) is 11.7. The van der Waals surface area contributed by atoms with Crippen molar-refractivity contribution < 1.29 is 36.2 Å². The van der Waals surface area contributed by atoms with Crippen molar-refractivity contribution in [2.24, 2.45) is 0 Å². The largest absolute Gasteiger partial charge is 0.461 e. The molecular formula is C35H37ClF5N7O3S. The average molecular weight is 766 g/mol. The molecule has 4 atom stereocenters. The average Bonchev–Trinajstić information content (AvgIpc) is 3.81. The highest BCUT2D eigenvalue weighted by Crippen LogP contribution is 2.49. The van der Waals surface area contributed by atoms with E-state index < -0.39 is 46.5 Å². The van der Waals surface area contributed by atoms with Crippen LogP contribution in [0.5, 0.6) is 6.01 Å². The molecule has 0 radical (unpaired) electrons. The Morgan fingerprint density at radius 2 is 1.87 bits per heavy atom. The number of benzene rings is 2. The quantitative estimate of drug-likeness (QED) is 0.189. The van der Waals surface area contributed by atoms with Gasteiger partial charge in [0.15, 0.2) is 5.13 Å². The maximum atomic E-state index is 15.2. The number of alkyl halides is 4. The van der Waals surface area contributed by atoms with Crippen LogP contribution in [0.2, 0.25) is 5.02 Å². The van der Waals surface area contributed by atoms with Crippen LogP contribution in [-0.2, 0) is 10.9 Å². The van der Waals surface area contributed by atoms with Gasteiger partial charge >= 0.3 is 18.3 Å². The minimum atomic E-state index is -4.91. The highest BCUT2D eigenvalue weighted by molar-refractivity contribution is 7.22. The number of hydrogen-bond donors (Lipinski definition) is 2. The van der Waals surface area contributed by atoms with Gasteiger partial charge in [-0.15, -0.1) is 0 Å². The summed E-state index contributed by atoms with van der Waals surface area (Å²) in [6.45, 7) is 7.20. The Morgan fingerprint density at radius 3 is 2.58 bits per heavy atom. The Kier molecular flexibility index (Phi) is 8.70. The molecule has 8 rings (SSSR count). The van der Waals surface area contributed by atoms with Gasteiger partial charge in [0.05, 0.1) is 31.9 Å². The maximum absolute atomic E-state index is 15.2. The number of carbonyl (C=O) groups is 1. The van der Waals surface area contributed by atoms with Gasteiger partial charge in [0.1, 0.15) is 30.0 Å². The number of carbonyl (C=O) groups excluding carboxylic acids is 1. The molecule has 2 unspecified atom stereocenters. The number of thiazole rings is 1. The standard InChI is InChI=1S/C35H37ClF5N7O3S/c1-33(2,3)51-32(49)46-31-44-27-20(7-8-23(38)28(27)52-31)24-22(35(39,40)41)11-21-26(25(24)36)43-30(45-29(21)47-14-18-5-6-19(15-47)42-18)50-16-34-9-4-10-48(34)13-17(37)12-34/h7-8,11,17-19,42H,4-6,9-10,12-16H2,1-3H3,(H,44,46,49)/t17-,18?,19?,34+/m1/s1. The molecule has 0 aliphatic carbocycles. The lowest BCUT2D eigenvalue weighted by atomic mass is 9.95. The van der Waals surface area contributed by atoms with Crippen LogP contribution >= 0.6 is 22.9 Å². The number of hydrogen-bond acceptors (Lipinski definition) is 10. The molecule has 2 aromatic carbocycles. The molecule has 2 bridgehead atoms. The number of anilines is 2. The third kappa shape index (κ3) is 6.49. The van der Waals surface area contributed by atoms with Gasteiger partial charge in [0.2, 0.25) is 0 Å². The van der Waals surface area contributed by atoms with Crippen LogP contribution < -0.4 is 20.3 Å². The maximum Gasteiger partial charge on any atom is 0.417 e. The molecule has 2 N–H and O–H groups in total. The van der Waals surface area contributed by atoms with E-state index in [0.29, 0.717) is 26.1 Å². The normalized spacial score (nSPS) is 24.9. The molecule has 4 saturated heterocycles. The minimum Gasteiger partial charge on any atom is -0.461 e. The molecule has 4 aliphatic heterocycles. The second kappa shape index (κ2) is 12.8. The number of nitrogens with zero attached hydrogens (tertiary/aromatic N) is 5. The molecule has 4 fully saturated rings. The second-order valence-electron chi connectivity index (χ2n) is 15.2. The fourth-order valence-corrected chi connectivity index (χ4v) is 9.45. The number of nitrogens with one attached hydrogen (secondary N) is 2. The molecule has 2 aromatic heterocycles. The fourth-order valence-electron chi connectivity index (χ4n) is 8.22. The molecule has 1 amide bonds. The zero-order valence-electron chi connectivity index (χ0n) is 28.7. The number of piperazine rings is 1. The van der Waals surface area contributed by atoms with E-state index in [4.69, 9.17) is 26.1 Å². The first-order valence-corrected chi connectivity index (χ1v) is 18.5. The van der Waals surface area contributed by atoms with Crippen molar-refractivity contribution in [2.45, 2.75) is 88.4 Å². The second-order valence-corrected chi connectivity index (χ2v) is 16.5. The lowest BCUT2D eigenvalue weighted by Gasteiger charge is -2.35. The van der Waals surface area contributed by atoms with Crippen molar-refractivity contribution >= 4 is 61.1 Å². The summed E-state index contributed by atoms with van der Waals surface area (Å²) in [5, 5.41) is 5.66. The smallest absolute Gasteiger partial charge is 0.417 e. The van der Waals surface area contributed by atoms with Gasteiger partial charge in [0.25, 0.3) is 0 Å². The predicted molar refractivity (Wildman–Crippen MR) is 189 cm³/mol. The number of rotatable bonds is 6. The molecule has 4 aliphatic rings. The molecular weight excluding hydrogens is 729 g/mol. The highest BCUT2D eigenvalue weighted by atomic mass is 35.5. The predicted octanol–water partition coefficient (Wildman–Crippen LogP) is 7.96. The number of aromatic nitrogens is 3. The van der Waals surface area contributed by atoms with Crippen LogP contribution in [0.4, 0.5) is 37.7 Å². The van der Waals surface area contributed by atoms with E-state index in [1.807, 2.05) is 4.90 Å². The Bertz CT molecular complexity index is 2060. The first kappa shape index (κ1) is 35.4. The topological polar surface area (TPSA) is 105 Å². The first-order valence-electron chi connectivity index (χ1n) is 17.3. The number of ether oxygens (including phenoxy) is 2. The summed E-state index contributed by atoms with van der Waals surface area (Å²) in [6.07, 6.45) is -2.94. The van der Waals surface area contributed by atoms with Crippen LogP contribution in [0.15, 0.2) is 18.2 Å². The van der Waals surface area contributed by atoms with E-state index in [1.165, 1.54) is 6.07 Å². The number of amides is 1. The molecule has 0 spiro atoms. The van der Waals surface area contributed by atoms with Gasteiger partial charge in [0, 0.05) is 54.7 Å². The Labute approximate surface area is 305 Å². The van der Waals surface area contributed by atoms with Crippen LogP contribution in [0.1, 0.15) is 58.4 Å². The summed E-state index contributed by atoms with van der Waals surface area (Å²) in [5.41, 5.74) is -3.10. The van der Waals surface area contributed by atoms with Gasteiger partial charge in [-0.1, -0.05) is 22.9 Å². The van der Waals surface area contributed by atoms with Crippen molar-refractivity contribution in [3.05, 3.63) is 34.6 Å². The van der Waals surface area contributed by atoms with E-state index in [9.17, 15) is 9.18 Å². The first-order chi connectivity index (χ1) is 24.6. The summed E-state index contributed by atoms with van der Waals surface area (Å²) in [5.74, 6) is -0.481. The van der Waals surface area contributed by atoms with Gasteiger partial charge in [-0.05, 0) is 71.2 Å². The summed E-state index contributed by atoms with van der Waals surface area (Å²) in [6, 6.07) is 3.41. The van der Waals surface area contributed by atoms with Crippen LogP contribution in [-0.4, -0.2) is 88.1 Å². The van der Waals surface area contributed by atoms with Crippen LogP contribution in [0.25, 0.3) is 32.2 Å². The van der Waals surface area contributed by atoms with E-state index in [1.54, 1.807) is 20.8 Å². The molecule has 10 nitrogen and oxygen atoms in total. The molecule has 278 valence electrons. The van der Waals surface area contributed by atoms with Crippen molar-refractivity contribution in [2.75, 3.05) is 43.0 Å². The lowest BCUT2D eigenvalue weighted by Crippen LogP contribution is -2.51. The van der Waals surface area contributed by atoms with Gasteiger partial charge < -0.3 is 19.7 Å². The molecule has 52 heavy (non-hydrogen) atoms. The minimum absolute atomic E-state index is 0.0194. The SMILES string of the molecule is CC(C)(C)OC(=O)Nc1nc2c(-c3c(C(F)(F)F)cc4c(N5CC6CCC(C5)N6)nc(OC[C@@]56CCCN5C[C@H](F)C6)nc4c3Cl)ccc(F)c2s1. The summed E-state index contributed by atoms with van der Waals surface area (Å²) in [4.78, 5) is 30.2. The summed E-state index contributed by atoms with van der Waals surface area (Å²) in [7, 11) is 0. The Hall–Kier alpha value is -3.60. The van der Waals surface area contributed by atoms with Gasteiger partial charge in [-0.25, -0.2) is 18.6 Å². The van der Waals surface area contributed by atoms with Crippen molar-refractivity contribution in [1.29, 1.82) is 0 Å². The monoisotopic (exact) mass is 765 g/mol.